The average molecular weight is 295 g/mol. The molecule has 0 spiro atoms. The highest BCUT2D eigenvalue weighted by Gasteiger charge is 2.10. The minimum atomic E-state index is -0.286. The molecule has 0 aliphatic carbocycles. The Morgan fingerprint density at radius 3 is 2.85 bits per heavy atom. The Balaban J connectivity index is 1.98. The molecule has 0 saturated heterocycles. The van der Waals surface area contributed by atoms with Gasteiger partial charge < -0.3 is 9.88 Å². The number of nitrogens with one attached hydrogen (secondary N) is 1. The summed E-state index contributed by atoms with van der Waals surface area (Å²) in [6.07, 6.45) is 5.54. The zero-order chi connectivity index (χ0) is 14.7. The van der Waals surface area contributed by atoms with Gasteiger partial charge in [0.25, 0.3) is 5.56 Å². The second-order valence-corrected chi connectivity index (χ2v) is 5.37. The first-order chi connectivity index (χ1) is 9.49. The summed E-state index contributed by atoms with van der Waals surface area (Å²) >= 11 is 6.03. The van der Waals surface area contributed by atoms with E-state index in [9.17, 15) is 4.79 Å². The van der Waals surface area contributed by atoms with Crippen LogP contribution >= 0.6 is 11.6 Å². The summed E-state index contributed by atoms with van der Waals surface area (Å²) in [6, 6.07) is 4.35. The lowest BCUT2D eigenvalue weighted by atomic mass is 10.1. The maximum atomic E-state index is 11.7. The van der Waals surface area contributed by atoms with Crippen LogP contribution in [0.25, 0.3) is 0 Å². The third-order valence-electron chi connectivity index (χ3n) is 3.36. The van der Waals surface area contributed by atoms with Crippen molar-refractivity contribution in [2.24, 2.45) is 14.1 Å². The number of nitrogens with zero attached hydrogens (tertiary/aromatic N) is 3. The molecule has 2 aromatic heterocycles. The molecule has 0 fully saturated rings. The van der Waals surface area contributed by atoms with Crippen LogP contribution < -0.4 is 10.9 Å². The largest absolute Gasteiger partial charge is 0.380 e. The van der Waals surface area contributed by atoms with E-state index in [2.05, 4.69) is 28.0 Å². The predicted octanol–water partition coefficient (Wildman–Crippen LogP) is 2.21. The minimum Gasteiger partial charge on any atom is -0.380 e. The number of aryl methyl sites for hydroxylation is 3. The van der Waals surface area contributed by atoms with Crippen LogP contribution in [0.5, 0.6) is 0 Å². The molecule has 0 aromatic carbocycles. The minimum absolute atomic E-state index is 0.188. The highest BCUT2D eigenvalue weighted by Crippen LogP contribution is 2.17. The van der Waals surface area contributed by atoms with Crippen LogP contribution in [0, 0.1) is 0 Å². The zero-order valence-corrected chi connectivity index (χ0v) is 12.7. The fourth-order valence-corrected chi connectivity index (χ4v) is 2.30. The number of hydrogen-bond acceptors (Lipinski definition) is 3. The predicted molar refractivity (Wildman–Crippen MR) is 81.3 cm³/mol. The lowest BCUT2D eigenvalue weighted by Gasteiger charge is -2.16. The zero-order valence-electron chi connectivity index (χ0n) is 11.9. The maximum absolute atomic E-state index is 11.7. The normalized spacial score (nSPS) is 12.4. The molecular weight excluding hydrogens is 276 g/mol. The second kappa shape index (κ2) is 6.13. The molecule has 6 heteroatoms. The van der Waals surface area contributed by atoms with Crippen LogP contribution in [0.2, 0.25) is 5.02 Å². The van der Waals surface area contributed by atoms with Gasteiger partial charge in [-0.2, -0.15) is 5.10 Å². The molecule has 0 amide bonds. The third kappa shape index (κ3) is 3.22. The molecule has 5 nitrogen and oxygen atoms in total. The van der Waals surface area contributed by atoms with E-state index < -0.39 is 0 Å². The molecule has 0 saturated carbocycles. The van der Waals surface area contributed by atoms with Gasteiger partial charge in [0.2, 0.25) is 0 Å². The molecule has 2 heterocycles. The summed E-state index contributed by atoms with van der Waals surface area (Å²) in [5.41, 5.74) is 1.59. The van der Waals surface area contributed by atoms with Crippen molar-refractivity contribution < 1.29 is 0 Å². The van der Waals surface area contributed by atoms with E-state index in [0.29, 0.717) is 5.69 Å². The van der Waals surface area contributed by atoms with Gasteiger partial charge >= 0.3 is 0 Å². The monoisotopic (exact) mass is 294 g/mol. The molecule has 0 radical (unpaired) electrons. The molecule has 1 N–H and O–H groups in total. The molecule has 2 aromatic rings. The Morgan fingerprint density at radius 1 is 1.45 bits per heavy atom. The number of anilines is 1. The van der Waals surface area contributed by atoms with E-state index in [-0.39, 0.29) is 16.6 Å². The first-order valence-electron chi connectivity index (χ1n) is 6.57. The molecular formula is C14H19ClN4O. The molecule has 0 aliphatic rings. The van der Waals surface area contributed by atoms with Crippen LogP contribution in [-0.4, -0.2) is 20.4 Å². The van der Waals surface area contributed by atoms with Gasteiger partial charge in [0.15, 0.2) is 0 Å². The molecule has 0 unspecified atom stereocenters. The van der Waals surface area contributed by atoms with Crippen molar-refractivity contribution in [3.63, 3.8) is 0 Å². The van der Waals surface area contributed by atoms with Crippen molar-refractivity contribution in [2.45, 2.75) is 25.8 Å². The van der Waals surface area contributed by atoms with Gasteiger partial charge in [-0.15, -0.1) is 0 Å². The van der Waals surface area contributed by atoms with Crippen LogP contribution in [0.15, 0.2) is 29.3 Å². The SMILES string of the molecule is C[C@@H](CCc1cccn1C)Nc1cnn(C)c(=O)c1Cl. The summed E-state index contributed by atoms with van der Waals surface area (Å²) in [5.74, 6) is 0. The molecule has 20 heavy (non-hydrogen) atoms. The fourth-order valence-electron chi connectivity index (χ4n) is 2.07. The summed E-state index contributed by atoms with van der Waals surface area (Å²) in [6.45, 7) is 2.07. The van der Waals surface area contributed by atoms with Crippen LogP contribution in [-0.2, 0) is 20.5 Å². The lowest BCUT2D eigenvalue weighted by molar-refractivity contribution is 0.669. The van der Waals surface area contributed by atoms with Crippen molar-refractivity contribution in [3.8, 4) is 0 Å². The quantitative estimate of drug-likeness (QED) is 0.920. The molecule has 2 rings (SSSR count). The highest BCUT2D eigenvalue weighted by molar-refractivity contribution is 6.32. The van der Waals surface area contributed by atoms with E-state index in [1.807, 2.05) is 19.3 Å². The molecule has 1 atom stereocenters. The van der Waals surface area contributed by atoms with Gasteiger partial charge in [0.1, 0.15) is 5.02 Å². The summed E-state index contributed by atoms with van der Waals surface area (Å²) in [7, 11) is 3.62. The van der Waals surface area contributed by atoms with Crippen LogP contribution in [0.1, 0.15) is 19.0 Å². The van der Waals surface area contributed by atoms with Crippen LogP contribution in [0.3, 0.4) is 0 Å². The van der Waals surface area contributed by atoms with Crippen molar-refractivity contribution >= 4 is 17.3 Å². The van der Waals surface area contributed by atoms with Gasteiger partial charge in [-0.25, -0.2) is 4.68 Å². The first-order valence-corrected chi connectivity index (χ1v) is 6.95. The van der Waals surface area contributed by atoms with E-state index in [0.717, 1.165) is 12.8 Å². The standard InChI is InChI=1S/C14H19ClN4O/c1-10(6-7-11-5-4-8-18(11)2)17-12-9-16-19(3)14(20)13(12)15/h4-5,8-10,17H,6-7H2,1-3H3/t10-/m0/s1. The van der Waals surface area contributed by atoms with Crippen molar-refractivity contribution in [1.82, 2.24) is 14.3 Å². The van der Waals surface area contributed by atoms with Crippen LogP contribution in [0.4, 0.5) is 5.69 Å². The molecule has 0 aliphatic heterocycles. The first kappa shape index (κ1) is 14.7. The Bertz CT molecular complexity index is 647. The van der Waals surface area contributed by atoms with Gasteiger partial charge in [-0.05, 0) is 31.9 Å². The lowest BCUT2D eigenvalue weighted by Crippen LogP contribution is -2.24. The van der Waals surface area contributed by atoms with E-state index >= 15 is 0 Å². The molecule has 0 bridgehead atoms. The Kier molecular flexibility index (Phi) is 4.49. The number of hydrogen-bond donors (Lipinski definition) is 1. The van der Waals surface area contributed by atoms with Crippen molar-refractivity contribution in [3.05, 3.63) is 45.6 Å². The Morgan fingerprint density at radius 2 is 2.20 bits per heavy atom. The average Bonchev–Trinajstić information content (AvgIpc) is 2.83. The van der Waals surface area contributed by atoms with Gasteiger partial charge in [0, 0.05) is 32.0 Å². The summed E-state index contributed by atoms with van der Waals surface area (Å²) in [4.78, 5) is 11.7. The highest BCUT2D eigenvalue weighted by atomic mass is 35.5. The number of halogens is 1. The fraction of sp³-hybridized carbons (Fsp3) is 0.429. The smallest absolute Gasteiger partial charge is 0.287 e. The van der Waals surface area contributed by atoms with Gasteiger partial charge in [-0.1, -0.05) is 11.6 Å². The van der Waals surface area contributed by atoms with Gasteiger partial charge in [-0.3, -0.25) is 4.79 Å². The maximum Gasteiger partial charge on any atom is 0.287 e. The summed E-state index contributed by atoms with van der Waals surface area (Å²) in [5, 5.41) is 7.40. The molecule has 108 valence electrons. The van der Waals surface area contributed by atoms with E-state index in [1.165, 1.54) is 10.4 Å². The second-order valence-electron chi connectivity index (χ2n) is 5.00. The van der Waals surface area contributed by atoms with Crippen molar-refractivity contribution in [2.75, 3.05) is 5.32 Å². The topological polar surface area (TPSA) is 51.9 Å². The number of aromatic nitrogens is 3. The van der Waals surface area contributed by atoms with Gasteiger partial charge in [0.05, 0.1) is 11.9 Å². The van der Waals surface area contributed by atoms with Crippen molar-refractivity contribution in [1.29, 1.82) is 0 Å². The van der Waals surface area contributed by atoms with E-state index in [4.69, 9.17) is 11.6 Å². The number of rotatable bonds is 5. The Hall–Kier alpha value is -1.75. The summed E-state index contributed by atoms with van der Waals surface area (Å²) < 4.78 is 3.33. The van der Waals surface area contributed by atoms with E-state index in [1.54, 1.807) is 13.2 Å². The Labute approximate surface area is 123 Å². The third-order valence-corrected chi connectivity index (χ3v) is 3.73.